The van der Waals surface area contributed by atoms with Gasteiger partial charge in [-0.2, -0.15) is 0 Å². The Morgan fingerprint density at radius 1 is 0.500 bits per heavy atom. The van der Waals surface area contributed by atoms with Gasteiger partial charge in [-0.1, -0.05) is 132 Å². The number of hydrogen-bond donors (Lipinski definition) is 1. The van der Waals surface area contributed by atoms with Crippen molar-refractivity contribution in [3.63, 3.8) is 0 Å². The molecule has 0 fully saturated rings. The van der Waals surface area contributed by atoms with Crippen molar-refractivity contribution < 1.29 is 9.63 Å². The molecule has 0 saturated heterocycles. The van der Waals surface area contributed by atoms with Crippen LogP contribution in [0.1, 0.15) is 22.3 Å². The van der Waals surface area contributed by atoms with Gasteiger partial charge in [0.1, 0.15) is 6.61 Å². The summed E-state index contributed by atoms with van der Waals surface area (Å²) in [4.78, 5) is 25.0. The lowest BCUT2D eigenvalue weighted by Gasteiger charge is -2.34. The van der Waals surface area contributed by atoms with Crippen LogP contribution in [0.5, 0.6) is 0 Å². The summed E-state index contributed by atoms with van der Waals surface area (Å²) in [6.07, 6.45) is 0.967. The molecule has 0 atom stereocenters. The number of para-hydroxylation sites is 4. The van der Waals surface area contributed by atoms with E-state index in [1.165, 1.54) is 11.1 Å². The molecule has 0 saturated carbocycles. The van der Waals surface area contributed by atoms with Crippen LogP contribution in [0, 0.1) is 13.8 Å². The number of carbonyl (C=O) groups excluding carboxylic acids is 1. The molecule has 9 rings (SSSR count). The fraction of sp³-hybridized carbons (Fsp3) is 0.0536. The quantitative estimate of drug-likeness (QED) is 0.124. The van der Waals surface area contributed by atoms with E-state index in [2.05, 4.69) is 175 Å². The second kappa shape index (κ2) is 18.1. The van der Waals surface area contributed by atoms with E-state index in [-0.39, 0.29) is 6.61 Å². The Morgan fingerprint density at radius 3 is 1.37 bits per heavy atom. The Balaban J connectivity index is 1.19. The van der Waals surface area contributed by atoms with Crippen LogP contribution in [0.2, 0.25) is 0 Å². The average Bonchev–Trinajstić information content (AvgIpc) is 3.33. The maximum atomic E-state index is 13.8. The molecule has 8 aromatic rings. The molecule has 0 amide bonds. The number of rotatable bonds is 12. The van der Waals surface area contributed by atoms with Crippen LogP contribution in [0.4, 0.5) is 45.5 Å². The zero-order valence-corrected chi connectivity index (χ0v) is 34.7. The van der Waals surface area contributed by atoms with Crippen LogP contribution in [-0.2, 0) is 9.63 Å². The molecular weight excluding hydrogens is 761 g/mol. The predicted octanol–water partition coefficient (Wildman–Crippen LogP) is 14.1. The first-order valence-electron chi connectivity index (χ1n) is 20.8. The molecular formula is C56H46N4O2. The molecule has 0 spiro atoms. The maximum absolute atomic E-state index is 13.8. The van der Waals surface area contributed by atoms with E-state index >= 15 is 0 Å². The zero-order valence-electron chi connectivity index (χ0n) is 34.7. The average molecular weight is 807 g/mol. The molecule has 0 radical (unpaired) electrons. The second-order valence-corrected chi connectivity index (χ2v) is 15.2. The molecule has 6 heteroatoms. The lowest BCUT2D eigenvalue weighted by atomic mass is 9.94. The van der Waals surface area contributed by atoms with E-state index in [4.69, 9.17) is 4.84 Å². The van der Waals surface area contributed by atoms with Crippen LogP contribution in [0.3, 0.4) is 0 Å². The Labute approximate surface area is 363 Å². The molecule has 0 unspecified atom stereocenters. The number of hydroxylamine groups is 1. The normalized spacial score (nSPS) is 13.4. The molecule has 1 heterocycles. The van der Waals surface area contributed by atoms with E-state index in [0.29, 0.717) is 11.3 Å². The molecule has 1 aliphatic heterocycles. The molecule has 8 aromatic carbocycles. The number of aldehydes is 1. The first-order chi connectivity index (χ1) is 30.5. The van der Waals surface area contributed by atoms with Gasteiger partial charge in [0.15, 0.2) is 6.29 Å². The Bertz CT molecular complexity index is 2810. The van der Waals surface area contributed by atoms with Gasteiger partial charge in [-0.15, -0.1) is 0 Å². The van der Waals surface area contributed by atoms with Crippen LogP contribution in [0.15, 0.2) is 230 Å². The van der Waals surface area contributed by atoms with E-state index < -0.39 is 0 Å². The van der Waals surface area contributed by atoms with Gasteiger partial charge in [-0.25, -0.2) is 5.06 Å². The highest BCUT2D eigenvalue weighted by molar-refractivity contribution is 6.02. The Kier molecular flexibility index (Phi) is 11.6. The highest BCUT2D eigenvalue weighted by Crippen LogP contribution is 2.42. The summed E-state index contributed by atoms with van der Waals surface area (Å²) in [5.41, 5.74) is 14.7. The fourth-order valence-corrected chi connectivity index (χ4v) is 7.87. The minimum Gasteiger partial charge on any atom is -0.355 e. The third kappa shape index (κ3) is 8.41. The topological polar surface area (TPSA) is 48.1 Å². The summed E-state index contributed by atoms with van der Waals surface area (Å²) in [6, 6.07) is 74.6. The molecule has 0 aliphatic carbocycles. The van der Waals surface area contributed by atoms with Crippen LogP contribution >= 0.6 is 0 Å². The third-order valence-electron chi connectivity index (χ3n) is 11.0. The molecule has 1 aliphatic rings. The van der Waals surface area contributed by atoms with Gasteiger partial charge in [-0.3, -0.25) is 9.63 Å². The number of benzene rings is 8. The van der Waals surface area contributed by atoms with Crippen molar-refractivity contribution in [1.82, 2.24) is 0 Å². The number of anilines is 8. The van der Waals surface area contributed by atoms with Gasteiger partial charge in [-0.05, 0) is 116 Å². The minimum absolute atomic E-state index is 0.149. The Hall–Kier alpha value is -7.93. The molecule has 1 N–H and O–H groups in total. The molecule has 6 nitrogen and oxygen atoms in total. The van der Waals surface area contributed by atoms with E-state index in [9.17, 15) is 4.79 Å². The molecule has 0 aromatic heterocycles. The lowest BCUT2D eigenvalue weighted by molar-refractivity contribution is -0.104. The molecule has 62 heavy (non-hydrogen) atoms. The monoisotopic (exact) mass is 806 g/mol. The first-order valence-corrected chi connectivity index (χ1v) is 20.8. The summed E-state index contributed by atoms with van der Waals surface area (Å²) < 4.78 is 0. The van der Waals surface area contributed by atoms with Crippen molar-refractivity contribution in [2.45, 2.75) is 13.8 Å². The first kappa shape index (κ1) is 39.5. The number of carbonyl (C=O) groups is 1. The largest absolute Gasteiger partial charge is 0.355 e. The standard InChI is InChI=1S/C56H46N4O2/c1-41-23-31-48(32-24-41)58(46-17-9-4-10-18-46)50-35-27-43(28-36-50)55(57-45-15-7-3-8-16-45)54-40-62-60(52-21-13-6-14-22-52)56(53(54)39-61)44-29-37-51(38-30-44)59(47-19-11-5-12-20-47)49-33-25-42(2)26-34-49/h3-39,57H,40H2,1-2H3/b55-54-. The van der Waals surface area contributed by atoms with E-state index in [1.54, 1.807) is 5.06 Å². The number of nitrogens with one attached hydrogen (secondary N) is 1. The number of nitrogens with zero attached hydrogens (tertiary/aromatic N) is 3. The predicted molar refractivity (Wildman–Crippen MR) is 257 cm³/mol. The second-order valence-electron chi connectivity index (χ2n) is 15.2. The molecule has 0 bridgehead atoms. The van der Waals surface area contributed by atoms with E-state index in [0.717, 1.165) is 74.2 Å². The van der Waals surface area contributed by atoms with Gasteiger partial charge < -0.3 is 15.1 Å². The van der Waals surface area contributed by atoms with Crippen molar-refractivity contribution in [3.8, 4) is 0 Å². The summed E-state index contributed by atoms with van der Waals surface area (Å²) in [6.45, 7) is 4.35. The van der Waals surface area contributed by atoms with Crippen molar-refractivity contribution in [2.24, 2.45) is 0 Å². The number of aryl methyl sites for hydroxylation is 2. The summed E-state index contributed by atoms with van der Waals surface area (Å²) in [5.74, 6) is 0. The van der Waals surface area contributed by atoms with Crippen LogP contribution < -0.4 is 20.2 Å². The van der Waals surface area contributed by atoms with Crippen molar-refractivity contribution >= 4 is 63.2 Å². The van der Waals surface area contributed by atoms with Crippen LogP contribution in [0.25, 0.3) is 11.4 Å². The zero-order chi connectivity index (χ0) is 42.3. The Morgan fingerprint density at radius 2 is 0.903 bits per heavy atom. The van der Waals surface area contributed by atoms with Gasteiger partial charge in [0.25, 0.3) is 0 Å². The summed E-state index contributed by atoms with van der Waals surface area (Å²) in [5, 5.41) is 5.50. The van der Waals surface area contributed by atoms with Crippen molar-refractivity contribution in [2.75, 3.05) is 26.8 Å². The maximum Gasteiger partial charge on any atom is 0.152 e. The highest BCUT2D eigenvalue weighted by Gasteiger charge is 2.30. The van der Waals surface area contributed by atoms with Gasteiger partial charge in [0.2, 0.25) is 0 Å². The third-order valence-corrected chi connectivity index (χ3v) is 11.0. The van der Waals surface area contributed by atoms with Crippen LogP contribution in [-0.4, -0.2) is 12.9 Å². The number of hydrogen-bond acceptors (Lipinski definition) is 6. The van der Waals surface area contributed by atoms with E-state index in [1.807, 2.05) is 72.8 Å². The lowest BCUT2D eigenvalue weighted by Crippen LogP contribution is -2.31. The van der Waals surface area contributed by atoms with Crippen molar-refractivity contribution in [3.05, 3.63) is 252 Å². The fourth-order valence-electron chi connectivity index (χ4n) is 7.87. The smallest absolute Gasteiger partial charge is 0.152 e. The minimum atomic E-state index is 0.149. The summed E-state index contributed by atoms with van der Waals surface area (Å²) >= 11 is 0. The van der Waals surface area contributed by atoms with Gasteiger partial charge in [0.05, 0.1) is 17.1 Å². The highest BCUT2D eigenvalue weighted by atomic mass is 16.7. The van der Waals surface area contributed by atoms with Gasteiger partial charge >= 0.3 is 0 Å². The SMILES string of the molecule is Cc1ccc(N(c2ccccc2)c2ccc(C3=C(C=O)/C(=C(\Nc4ccccc4)c4ccc(N(c5ccccc5)c5ccc(C)cc5)cc4)CON3c3ccccc3)cc2)cc1. The summed E-state index contributed by atoms with van der Waals surface area (Å²) in [7, 11) is 0. The van der Waals surface area contributed by atoms with Crippen molar-refractivity contribution in [1.29, 1.82) is 0 Å². The van der Waals surface area contributed by atoms with Gasteiger partial charge in [0, 0.05) is 56.5 Å². The molecule has 302 valence electrons.